The number of nitrogens with zero attached hydrogens (tertiary/aromatic N) is 1. The van der Waals surface area contributed by atoms with Crippen LogP contribution in [0, 0.1) is 23.2 Å². The number of carbonyl (C=O) groups excluding carboxylic acids is 1. The number of nitriles is 1. The van der Waals surface area contributed by atoms with Gasteiger partial charge in [0.1, 0.15) is 11.7 Å². The van der Waals surface area contributed by atoms with Crippen LogP contribution < -0.4 is 10.1 Å². The van der Waals surface area contributed by atoms with Crippen LogP contribution in [0.4, 0.5) is 0 Å². The fourth-order valence-electron chi connectivity index (χ4n) is 1.69. The Morgan fingerprint density at radius 3 is 2.74 bits per heavy atom. The SMILES string of the molecule is COc1ccc(Br)cc1CNC(=O)C(C#N)C(C)C. The van der Waals surface area contributed by atoms with Gasteiger partial charge in [-0.3, -0.25) is 4.79 Å². The van der Waals surface area contributed by atoms with E-state index >= 15 is 0 Å². The lowest BCUT2D eigenvalue weighted by Gasteiger charge is -2.14. The van der Waals surface area contributed by atoms with Gasteiger partial charge in [0.25, 0.3) is 0 Å². The third kappa shape index (κ3) is 4.25. The predicted octanol–water partition coefficient (Wildman–Crippen LogP) is 2.87. The van der Waals surface area contributed by atoms with Gasteiger partial charge < -0.3 is 10.1 Å². The summed E-state index contributed by atoms with van der Waals surface area (Å²) in [4.78, 5) is 11.9. The maximum absolute atomic E-state index is 11.9. The van der Waals surface area contributed by atoms with Gasteiger partial charge in [0, 0.05) is 16.6 Å². The molecule has 19 heavy (non-hydrogen) atoms. The van der Waals surface area contributed by atoms with Crippen molar-refractivity contribution in [2.24, 2.45) is 11.8 Å². The summed E-state index contributed by atoms with van der Waals surface area (Å²) in [5.74, 6) is -0.173. The smallest absolute Gasteiger partial charge is 0.237 e. The number of rotatable bonds is 5. The van der Waals surface area contributed by atoms with Crippen LogP contribution in [0.1, 0.15) is 19.4 Å². The van der Waals surface area contributed by atoms with Gasteiger partial charge >= 0.3 is 0 Å². The van der Waals surface area contributed by atoms with E-state index in [0.29, 0.717) is 12.3 Å². The number of hydrogen-bond donors (Lipinski definition) is 1. The molecule has 5 heteroatoms. The molecule has 0 aliphatic rings. The van der Waals surface area contributed by atoms with Crippen molar-refractivity contribution in [2.75, 3.05) is 7.11 Å². The third-order valence-corrected chi connectivity index (χ3v) is 3.28. The molecule has 1 atom stereocenters. The number of hydrogen-bond acceptors (Lipinski definition) is 3. The second kappa shape index (κ2) is 7.15. The van der Waals surface area contributed by atoms with E-state index in [1.807, 2.05) is 38.1 Å². The van der Waals surface area contributed by atoms with Crippen LogP contribution in [0.25, 0.3) is 0 Å². The molecule has 1 aromatic carbocycles. The average Bonchev–Trinajstić information content (AvgIpc) is 2.37. The molecule has 0 heterocycles. The van der Waals surface area contributed by atoms with Crippen LogP contribution in [0.3, 0.4) is 0 Å². The Hall–Kier alpha value is -1.54. The van der Waals surface area contributed by atoms with E-state index in [4.69, 9.17) is 10.00 Å². The first kappa shape index (κ1) is 15.5. The predicted molar refractivity (Wildman–Crippen MR) is 76.5 cm³/mol. The number of ether oxygens (including phenoxy) is 1. The minimum absolute atomic E-state index is 0.00518. The fourth-order valence-corrected chi connectivity index (χ4v) is 2.10. The fraction of sp³-hybridized carbons (Fsp3) is 0.429. The second-order valence-electron chi connectivity index (χ2n) is 4.52. The van der Waals surface area contributed by atoms with Crippen LogP contribution in [0.15, 0.2) is 22.7 Å². The Balaban J connectivity index is 2.74. The first-order valence-corrected chi connectivity index (χ1v) is 6.78. The van der Waals surface area contributed by atoms with Gasteiger partial charge in [-0.15, -0.1) is 0 Å². The minimum atomic E-state index is -0.627. The van der Waals surface area contributed by atoms with Crippen molar-refractivity contribution in [1.82, 2.24) is 5.32 Å². The summed E-state index contributed by atoms with van der Waals surface area (Å²) in [6.07, 6.45) is 0. The highest BCUT2D eigenvalue weighted by Gasteiger charge is 2.21. The molecule has 0 spiro atoms. The Labute approximate surface area is 121 Å². The lowest BCUT2D eigenvalue weighted by atomic mass is 9.96. The summed E-state index contributed by atoms with van der Waals surface area (Å²) in [6.45, 7) is 4.05. The Morgan fingerprint density at radius 2 is 2.21 bits per heavy atom. The van der Waals surface area contributed by atoms with Crippen molar-refractivity contribution in [2.45, 2.75) is 20.4 Å². The molecule has 1 aromatic rings. The standard InChI is InChI=1S/C14H17BrN2O2/c1-9(2)12(7-16)14(18)17-8-10-6-11(15)4-5-13(10)19-3/h4-6,9,12H,8H2,1-3H3,(H,17,18). The zero-order valence-corrected chi connectivity index (χ0v) is 12.8. The molecule has 102 valence electrons. The Kier molecular flexibility index (Phi) is 5.84. The van der Waals surface area contributed by atoms with Gasteiger partial charge in [0.05, 0.1) is 13.2 Å². The van der Waals surface area contributed by atoms with Crippen molar-refractivity contribution in [3.8, 4) is 11.8 Å². The number of nitrogens with one attached hydrogen (secondary N) is 1. The monoisotopic (exact) mass is 324 g/mol. The zero-order chi connectivity index (χ0) is 14.4. The lowest BCUT2D eigenvalue weighted by Crippen LogP contribution is -2.32. The van der Waals surface area contributed by atoms with E-state index in [9.17, 15) is 4.79 Å². The molecule has 0 aliphatic heterocycles. The zero-order valence-electron chi connectivity index (χ0n) is 11.2. The Morgan fingerprint density at radius 1 is 1.53 bits per heavy atom. The normalized spacial score (nSPS) is 11.8. The highest BCUT2D eigenvalue weighted by atomic mass is 79.9. The van der Waals surface area contributed by atoms with E-state index in [2.05, 4.69) is 21.2 Å². The molecule has 0 radical (unpaired) electrons. The molecule has 1 rings (SSSR count). The van der Waals surface area contributed by atoms with Gasteiger partial charge in [-0.25, -0.2) is 0 Å². The Bertz CT molecular complexity index is 495. The van der Waals surface area contributed by atoms with Crippen LogP contribution >= 0.6 is 15.9 Å². The summed E-state index contributed by atoms with van der Waals surface area (Å²) in [5.41, 5.74) is 0.866. The summed E-state index contributed by atoms with van der Waals surface area (Å²) in [7, 11) is 1.58. The summed E-state index contributed by atoms with van der Waals surface area (Å²) >= 11 is 3.38. The van der Waals surface area contributed by atoms with Crippen molar-refractivity contribution in [3.05, 3.63) is 28.2 Å². The number of amides is 1. The van der Waals surface area contributed by atoms with E-state index in [1.165, 1.54) is 0 Å². The number of benzene rings is 1. The van der Waals surface area contributed by atoms with E-state index in [0.717, 1.165) is 10.0 Å². The lowest BCUT2D eigenvalue weighted by molar-refractivity contribution is -0.124. The number of halogens is 1. The molecule has 4 nitrogen and oxygen atoms in total. The average molecular weight is 325 g/mol. The van der Waals surface area contributed by atoms with Crippen molar-refractivity contribution in [3.63, 3.8) is 0 Å². The van der Waals surface area contributed by atoms with E-state index < -0.39 is 5.92 Å². The van der Waals surface area contributed by atoms with Gasteiger partial charge in [0.15, 0.2) is 0 Å². The number of methoxy groups -OCH3 is 1. The van der Waals surface area contributed by atoms with Crippen molar-refractivity contribution >= 4 is 21.8 Å². The molecule has 0 saturated heterocycles. The molecular weight excluding hydrogens is 308 g/mol. The van der Waals surface area contributed by atoms with Crippen LogP contribution in [0.2, 0.25) is 0 Å². The van der Waals surface area contributed by atoms with Gasteiger partial charge in [0.2, 0.25) is 5.91 Å². The summed E-state index contributed by atoms with van der Waals surface area (Å²) < 4.78 is 6.14. The molecule has 0 fully saturated rings. The second-order valence-corrected chi connectivity index (χ2v) is 5.44. The molecule has 1 unspecified atom stereocenters. The maximum atomic E-state index is 11.9. The van der Waals surface area contributed by atoms with Crippen molar-refractivity contribution < 1.29 is 9.53 Å². The van der Waals surface area contributed by atoms with Crippen LogP contribution in [-0.2, 0) is 11.3 Å². The largest absolute Gasteiger partial charge is 0.496 e. The van der Waals surface area contributed by atoms with Crippen LogP contribution in [0.5, 0.6) is 5.75 Å². The minimum Gasteiger partial charge on any atom is -0.496 e. The third-order valence-electron chi connectivity index (χ3n) is 2.78. The summed E-state index contributed by atoms with van der Waals surface area (Å²) in [5, 5.41) is 11.7. The van der Waals surface area contributed by atoms with Crippen LogP contribution in [-0.4, -0.2) is 13.0 Å². The highest BCUT2D eigenvalue weighted by molar-refractivity contribution is 9.10. The maximum Gasteiger partial charge on any atom is 0.237 e. The molecule has 0 aliphatic carbocycles. The highest BCUT2D eigenvalue weighted by Crippen LogP contribution is 2.23. The molecule has 0 saturated carbocycles. The summed E-state index contributed by atoms with van der Waals surface area (Å²) in [6, 6.07) is 7.61. The first-order valence-electron chi connectivity index (χ1n) is 5.99. The number of carbonyl (C=O) groups is 1. The topological polar surface area (TPSA) is 62.1 Å². The molecule has 0 bridgehead atoms. The van der Waals surface area contributed by atoms with Gasteiger partial charge in [-0.2, -0.15) is 5.26 Å². The van der Waals surface area contributed by atoms with Gasteiger partial charge in [-0.1, -0.05) is 29.8 Å². The van der Waals surface area contributed by atoms with E-state index in [1.54, 1.807) is 7.11 Å². The molecule has 1 N–H and O–H groups in total. The van der Waals surface area contributed by atoms with E-state index in [-0.39, 0.29) is 11.8 Å². The quantitative estimate of drug-likeness (QED) is 0.905. The van der Waals surface area contributed by atoms with Crippen molar-refractivity contribution in [1.29, 1.82) is 5.26 Å². The molecule has 1 amide bonds. The van der Waals surface area contributed by atoms with Gasteiger partial charge in [-0.05, 0) is 24.1 Å². The molecular formula is C14H17BrN2O2. The molecule has 0 aromatic heterocycles. The first-order chi connectivity index (χ1) is 8.99.